The first-order valence-corrected chi connectivity index (χ1v) is 6.09. The minimum absolute atomic E-state index is 0.213. The Hall–Kier alpha value is -1.02. The molecule has 4 N–H and O–H groups in total. The largest absolute Gasteiger partial charge is 0.394 e. The molecule has 6 heteroatoms. The van der Waals surface area contributed by atoms with Crippen molar-refractivity contribution in [3.8, 4) is 0 Å². The summed E-state index contributed by atoms with van der Waals surface area (Å²) >= 11 is 0. The molecule has 2 rings (SSSR count). The van der Waals surface area contributed by atoms with Crippen molar-refractivity contribution in [3.05, 3.63) is 35.9 Å². The maximum absolute atomic E-state index is 9.92. The van der Waals surface area contributed by atoms with E-state index in [1.807, 2.05) is 30.3 Å². The van der Waals surface area contributed by atoms with Crippen LogP contribution in [0, 0.1) is 0 Å². The molecule has 1 heterocycles. The van der Waals surface area contributed by atoms with Crippen LogP contribution in [0.25, 0.3) is 0 Å². The fourth-order valence-electron chi connectivity index (χ4n) is 2.04. The Kier molecular flexibility index (Phi) is 4.87. The Labute approximate surface area is 110 Å². The average molecular weight is 270 g/mol. The Balaban J connectivity index is 1.93. The van der Waals surface area contributed by atoms with E-state index < -0.39 is 37.3 Å². The van der Waals surface area contributed by atoms with E-state index in [0.29, 0.717) is 0 Å². The van der Waals surface area contributed by atoms with Crippen LogP contribution in [0.5, 0.6) is 0 Å². The Bertz CT molecular complexity index is 384. The summed E-state index contributed by atoms with van der Waals surface area (Å²) in [6.45, 7) is -0.342. The molecule has 1 aromatic rings. The van der Waals surface area contributed by atoms with Gasteiger partial charge in [-0.2, -0.15) is 0 Å². The molecule has 0 saturated carbocycles. The second-order valence-corrected chi connectivity index (χ2v) is 4.49. The number of rotatable bonds is 5. The van der Waals surface area contributed by atoms with Crippen LogP contribution in [0.2, 0.25) is 0 Å². The third-order valence-corrected chi connectivity index (χ3v) is 3.10. The van der Waals surface area contributed by atoms with Crippen molar-refractivity contribution in [2.75, 3.05) is 6.61 Å². The molecular formula is C13H18O6. The number of aliphatic hydroxyl groups excluding tert-OH is 4. The van der Waals surface area contributed by atoms with Crippen molar-refractivity contribution in [1.82, 2.24) is 0 Å². The van der Waals surface area contributed by atoms with Gasteiger partial charge in [-0.3, -0.25) is 0 Å². The maximum atomic E-state index is 9.92. The summed E-state index contributed by atoms with van der Waals surface area (Å²) in [5, 5.41) is 37.8. The lowest BCUT2D eigenvalue weighted by Gasteiger charge is -2.20. The van der Waals surface area contributed by atoms with Gasteiger partial charge in [0.2, 0.25) is 0 Å². The highest BCUT2D eigenvalue weighted by Gasteiger charge is 2.46. The standard InChI is InChI=1S/C13H18O6/c14-6-9(15)11-10(16)12(13(17)19-11)18-7-8-4-2-1-3-5-8/h1-5,9-17H,6-7H2/t9-,10+,11-,12-,13+/m1/s1. The minimum Gasteiger partial charge on any atom is -0.394 e. The van der Waals surface area contributed by atoms with Crippen molar-refractivity contribution in [1.29, 1.82) is 0 Å². The van der Waals surface area contributed by atoms with Crippen LogP contribution in [0.1, 0.15) is 5.56 Å². The van der Waals surface area contributed by atoms with Gasteiger partial charge in [0.05, 0.1) is 13.2 Å². The monoisotopic (exact) mass is 270 g/mol. The summed E-state index contributed by atoms with van der Waals surface area (Å²) in [7, 11) is 0. The van der Waals surface area contributed by atoms with E-state index >= 15 is 0 Å². The number of aliphatic hydroxyl groups is 4. The highest BCUT2D eigenvalue weighted by Crippen LogP contribution is 2.25. The molecule has 0 aromatic heterocycles. The van der Waals surface area contributed by atoms with Gasteiger partial charge in [0.15, 0.2) is 6.29 Å². The molecule has 0 spiro atoms. The van der Waals surface area contributed by atoms with Crippen molar-refractivity contribution in [3.63, 3.8) is 0 Å². The zero-order valence-electron chi connectivity index (χ0n) is 10.3. The number of hydrogen-bond donors (Lipinski definition) is 4. The van der Waals surface area contributed by atoms with Gasteiger partial charge in [-0.05, 0) is 5.56 Å². The summed E-state index contributed by atoms with van der Waals surface area (Å²) in [6.07, 6.45) is -5.78. The van der Waals surface area contributed by atoms with E-state index in [1.165, 1.54) is 0 Å². The van der Waals surface area contributed by atoms with E-state index in [9.17, 15) is 15.3 Å². The van der Waals surface area contributed by atoms with Crippen LogP contribution in [0.3, 0.4) is 0 Å². The Morgan fingerprint density at radius 3 is 2.53 bits per heavy atom. The first-order valence-electron chi connectivity index (χ1n) is 6.09. The summed E-state index contributed by atoms with van der Waals surface area (Å²) in [5.74, 6) is 0. The molecule has 0 unspecified atom stereocenters. The van der Waals surface area contributed by atoms with Gasteiger partial charge in [0, 0.05) is 0 Å². The van der Waals surface area contributed by atoms with Gasteiger partial charge >= 0.3 is 0 Å². The quantitative estimate of drug-likeness (QED) is 0.548. The highest BCUT2D eigenvalue weighted by molar-refractivity contribution is 5.13. The number of benzene rings is 1. The van der Waals surface area contributed by atoms with Gasteiger partial charge < -0.3 is 29.9 Å². The molecule has 0 amide bonds. The van der Waals surface area contributed by atoms with E-state index in [1.54, 1.807) is 0 Å². The van der Waals surface area contributed by atoms with Crippen LogP contribution in [-0.4, -0.2) is 57.7 Å². The third kappa shape index (κ3) is 3.30. The Morgan fingerprint density at radius 1 is 1.21 bits per heavy atom. The van der Waals surface area contributed by atoms with Crippen molar-refractivity contribution in [2.24, 2.45) is 0 Å². The van der Waals surface area contributed by atoms with Crippen LogP contribution >= 0.6 is 0 Å². The zero-order chi connectivity index (χ0) is 13.8. The van der Waals surface area contributed by atoms with Crippen LogP contribution in [-0.2, 0) is 16.1 Å². The Morgan fingerprint density at radius 2 is 1.89 bits per heavy atom. The predicted octanol–water partition coefficient (Wildman–Crippen LogP) is -0.997. The molecule has 1 aromatic carbocycles. The van der Waals surface area contributed by atoms with Gasteiger partial charge in [0.25, 0.3) is 0 Å². The normalized spacial score (nSPS) is 32.4. The van der Waals surface area contributed by atoms with Gasteiger partial charge in [-0.25, -0.2) is 0 Å². The molecular weight excluding hydrogens is 252 g/mol. The molecule has 6 nitrogen and oxygen atoms in total. The second kappa shape index (κ2) is 6.42. The summed E-state index contributed by atoms with van der Waals surface area (Å²) in [6, 6.07) is 9.30. The van der Waals surface area contributed by atoms with Crippen molar-refractivity contribution >= 4 is 0 Å². The average Bonchev–Trinajstić information content (AvgIpc) is 2.72. The summed E-state index contributed by atoms with van der Waals surface area (Å²) < 4.78 is 10.4. The first kappa shape index (κ1) is 14.4. The number of ether oxygens (including phenoxy) is 2. The summed E-state index contributed by atoms with van der Waals surface area (Å²) in [5.41, 5.74) is 0.896. The van der Waals surface area contributed by atoms with Crippen LogP contribution < -0.4 is 0 Å². The van der Waals surface area contributed by atoms with Gasteiger partial charge in [-0.1, -0.05) is 30.3 Å². The SMILES string of the molecule is OC[C@@H](O)[C@H]1O[C@H](O)[C@H](OCc2ccccc2)[C@H]1O. The lowest BCUT2D eigenvalue weighted by Crippen LogP contribution is -2.41. The van der Waals surface area contributed by atoms with E-state index in [2.05, 4.69) is 0 Å². The van der Waals surface area contributed by atoms with Crippen molar-refractivity contribution < 1.29 is 29.9 Å². The summed E-state index contributed by atoms with van der Waals surface area (Å²) in [4.78, 5) is 0. The van der Waals surface area contributed by atoms with Crippen molar-refractivity contribution in [2.45, 2.75) is 37.3 Å². The molecule has 0 bridgehead atoms. The first-order chi connectivity index (χ1) is 9.13. The molecule has 0 radical (unpaired) electrons. The number of hydrogen-bond acceptors (Lipinski definition) is 6. The topological polar surface area (TPSA) is 99.4 Å². The molecule has 19 heavy (non-hydrogen) atoms. The van der Waals surface area contributed by atoms with E-state index in [4.69, 9.17) is 14.6 Å². The smallest absolute Gasteiger partial charge is 0.184 e. The molecule has 106 valence electrons. The molecule has 1 fully saturated rings. The van der Waals surface area contributed by atoms with Gasteiger partial charge in [-0.15, -0.1) is 0 Å². The molecule has 0 aliphatic carbocycles. The van der Waals surface area contributed by atoms with Crippen LogP contribution in [0.15, 0.2) is 30.3 Å². The predicted molar refractivity (Wildman–Crippen MR) is 65.0 cm³/mol. The van der Waals surface area contributed by atoms with Crippen LogP contribution in [0.4, 0.5) is 0 Å². The molecule has 1 aliphatic heterocycles. The lowest BCUT2D eigenvalue weighted by atomic mass is 10.1. The molecule has 1 saturated heterocycles. The maximum Gasteiger partial charge on any atom is 0.184 e. The zero-order valence-corrected chi connectivity index (χ0v) is 10.3. The highest BCUT2D eigenvalue weighted by atomic mass is 16.7. The second-order valence-electron chi connectivity index (χ2n) is 4.49. The van der Waals surface area contributed by atoms with E-state index in [0.717, 1.165) is 5.56 Å². The van der Waals surface area contributed by atoms with E-state index in [-0.39, 0.29) is 6.61 Å². The molecule has 5 atom stereocenters. The third-order valence-electron chi connectivity index (χ3n) is 3.10. The molecule has 1 aliphatic rings. The fraction of sp³-hybridized carbons (Fsp3) is 0.538. The minimum atomic E-state index is -1.33. The lowest BCUT2D eigenvalue weighted by molar-refractivity contribution is -0.160. The van der Waals surface area contributed by atoms with Gasteiger partial charge in [0.1, 0.15) is 24.4 Å². The fourth-order valence-corrected chi connectivity index (χ4v) is 2.04.